The lowest BCUT2D eigenvalue weighted by atomic mass is 9.86. The van der Waals surface area contributed by atoms with Gasteiger partial charge in [-0.1, -0.05) is 60.7 Å². The smallest absolute Gasteiger partial charge is 0.0234 e. The van der Waals surface area contributed by atoms with Crippen molar-refractivity contribution in [2.24, 2.45) is 5.73 Å². The van der Waals surface area contributed by atoms with Gasteiger partial charge in [0.05, 0.1) is 0 Å². The Morgan fingerprint density at radius 3 is 2.30 bits per heavy atom. The summed E-state index contributed by atoms with van der Waals surface area (Å²) in [7, 11) is 0. The van der Waals surface area contributed by atoms with Crippen molar-refractivity contribution in [1.82, 2.24) is 4.90 Å². The molecule has 0 saturated carbocycles. The van der Waals surface area contributed by atoms with E-state index in [1.54, 1.807) is 0 Å². The molecule has 2 nitrogen and oxygen atoms in total. The predicted molar refractivity (Wildman–Crippen MR) is 83.5 cm³/mol. The number of likely N-dealkylation sites (tertiary alicyclic amines) is 1. The standard InChI is InChI=1S/C18H22N2/c19-18-11-12-20(13-15-7-3-1-4-8-15)14-17(18)16-9-5-2-6-10-16/h1-10,17-18H,11-14,19H2/t17-,18-/m1/s1. The molecule has 2 aromatic carbocycles. The molecule has 0 bridgehead atoms. The Kier molecular flexibility index (Phi) is 4.14. The number of rotatable bonds is 3. The van der Waals surface area contributed by atoms with E-state index in [2.05, 4.69) is 65.6 Å². The average molecular weight is 266 g/mol. The van der Waals surface area contributed by atoms with Gasteiger partial charge >= 0.3 is 0 Å². The molecule has 20 heavy (non-hydrogen) atoms. The zero-order valence-electron chi connectivity index (χ0n) is 11.8. The van der Waals surface area contributed by atoms with E-state index >= 15 is 0 Å². The summed E-state index contributed by atoms with van der Waals surface area (Å²) in [4.78, 5) is 2.52. The number of benzene rings is 2. The molecular formula is C18H22N2. The molecule has 0 radical (unpaired) electrons. The fourth-order valence-electron chi connectivity index (χ4n) is 3.08. The minimum absolute atomic E-state index is 0.282. The van der Waals surface area contributed by atoms with Crippen molar-refractivity contribution in [1.29, 1.82) is 0 Å². The molecule has 1 heterocycles. The van der Waals surface area contributed by atoms with Gasteiger partial charge in [0.25, 0.3) is 0 Å². The lowest BCUT2D eigenvalue weighted by molar-refractivity contribution is 0.183. The molecule has 2 N–H and O–H groups in total. The molecule has 3 rings (SSSR count). The molecule has 2 heteroatoms. The van der Waals surface area contributed by atoms with Gasteiger partial charge in [0.2, 0.25) is 0 Å². The van der Waals surface area contributed by atoms with E-state index in [9.17, 15) is 0 Å². The number of hydrogen-bond acceptors (Lipinski definition) is 2. The second-order valence-electron chi connectivity index (χ2n) is 5.69. The van der Waals surface area contributed by atoms with Crippen LogP contribution in [0.3, 0.4) is 0 Å². The lowest BCUT2D eigenvalue weighted by Gasteiger charge is -2.37. The maximum atomic E-state index is 6.34. The minimum Gasteiger partial charge on any atom is -0.327 e. The molecule has 2 atom stereocenters. The zero-order valence-corrected chi connectivity index (χ0v) is 11.8. The Balaban J connectivity index is 1.70. The fraction of sp³-hybridized carbons (Fsp3) is 0.333. The normalized spacial score (nSPS) is 23.6. The highest BCUT2D eigenvalue weighted by atomic mass is 15.1. The SMILES string of the molecule is N[C@@H]1CCN(Cc2ccccc2)C[C@@H]1c1ccccc1. The van der Waals surface area contributed by atoms with E-state index in [1.807, 2.05) is 0 Å². The summed E-state index contributed by atoms with van der Waals surface area (Å²) >= 11 is 0. The third-order valence-electron chi connectivity index (χ3n) is 4.23. The highest BCUT2D eigenvalue weighted by molar-refractivity contribution is 5.23. The van der Waals surface area contributed by atoms with Crippen LogP contribution in [-0.2, 0) is 6.54 Å². The highest BCUT2D eigenvalue weighted by Crippen LogP contribution is 2.26. The van der Waals surface area contributed by atoms with Crippen LogP contribution in [0.1, 0.15) is 23.5 Å². The molecule has 1 saturated heterocycles. The minimum atomic E-state index is 0.282. The molecule has 1 aliphatic rings. The summed E-state index contributed by atoms with van der Waals surface area (Å²) < 4.78 is 0. The summed E-state index contributed by atoms with van der Waals surface area (Å²) in [6, 6.07) is 21.7. The lowest BCUT2D eigenvalue weighted by Crippen LogP contribution is -2.45. The van der Waals surface area contributed by atoms with Gasteiger partial charge in [0, 0.05) is 31.6 Å². The van der Waals surface area contributed by atoms with Crippen LogP contribution in [0.4, 0.5) is 0 Å². The second kappa shape index (κ2) is 6.21. The number of nitrogens with two attached hydrogens (primary N) is 1. The van der Waals surface area contributed by atoms with Gasteiger partial charge in [0.15, 0.2) is 0 Å². The molecule has 0 aliphatic carbocycles. The molecule has 1 fully saturated rings. The molecule has 1 aliphatic heterocycles. The van der Waals surface area contributed by atoms with Crippen LogP contribution in [0.2, 0.25) is 0 Å². The largest absolute Gasteiger partial charge is 0.327 e. The van der Waals surface area contributed by atoms with Crippen LogP contribution in [0, 0.1) is 0 Å². The average Bonchev–Trinajstić information content (AvgIpc) is 2.51. The van der Waals surface area contributed by atoms with Gasteiger partial charge in [-0.2, -0.15) is 0 Å². The van der Waals surface area contributed by atoms with Gasteiger partial charge in [-0.05, 0) is 17.5 Å². The topological polar surface area (TPSA) is 29.3 Å². The maximum absolute atomic E-state index is 6.34. The van der Waals surface area contributed by atoms with Crippen LogP contribution in [0.5, 0.6) is 0 Å². The van der Waals surface area contributed by atoms with Gasteiger partial charge in [-0.15, -0.1) is 0 Å². The molecule has 0 amide bonds. The quantitative estimate of drug-likeness (QED) is 0.925. The van der Waals surface area contributed by atoms with Gasteiger partial charge in [-0.25, -0.2) is 0 Å². The van der Waals surface area contributed by atoms with Gasteiger partial charge in [0.1, 0.15) is 0 Å². The summed E-state index contributed by atoms with van der Waals surface area (Å²) in [5.74, 6) is 0.452. The van der Waals surface area contributed by atoms with E-state index in [4.69, 9.17) is 5.73 Å². The fourth-order valence-corrected chi connectivity index (χ4v) is 3.08. The first-order valence-corrected chi connectivity index (χ1v) is 7.40. The van der Waals surface area contributed by atoms with Crippen LogP contribution >= 0.6 is 0 Å². The first kappa shape index (κ1) is 13.3. The Bertz CT molecular complexity index is 524. The molecule has 0 spiro atoms. The van der Waals surface area contributed by atoms with Crippen molar-refractivity contribution in [3.63, 3.8) is 0 Å². The third-order valence-corrected chi connectivity index (χ3v) is 4.23. The summed E-state index contributed by atoms with van der Waals surface area (Å²) in [5.41, 5.74) is 9.10. The van der Waals surface area contributed by atoms with Crippen LogP contribution in [0.25, 0.3) is 0 Å². The van der Waals surface area contributed by atoms with Crippen molar-refractivity contribution in [3.05, 3.63) is 71.8 Å². The molecule has 2 aromatic rings. The van der Waals surface area contributed by atoms with Crippen molar-refractivity contribution >= 4 is 0 Å². The molecule has 0 aromatic heterocycles. The van der Waals surface area contributed by atoms with Crippen LogP contribution in [-0.4, -0.2) is 24.0 Å². The highest BCUT2D eigenvalue weighted by Gasteiger charge is 2.27. The maximum Gasteiger partial charge on any atom is 0.0234 e. The van der Waals surface area contributed by atoms with E-state index in [-0.39, 0.29) is 6.04 Å². The van der Waals surface area contributed by atoms with Crippen molar-refractivity contribution < 1.29 is 0 Å². The van der Waals surface area contributed by atoms with Crippen molar-refractivity contribution in [3.8, 4) is 0 Å². The van der Waals surface area contributed by atoms with E-state index in [0.29, 0.717) is 5.92 Å². The molecular weight excluding hydrogens is 244 g/mol. The Hall–Kier alpha value is -1.64. The Morgan fingerprint density at radius 2 is 1.60 bits per heavy atom. The molecule has 0 unspecified atom stereocenters. The van der Waals surface area contributed by atoms with Crippen LogP contribution < -0.4 is 5.73 Å². The van der Waals surface area contributed by atoms with Crippen molar-refractivity contribution in [2.75, 3.05) is 13.1 Å². The van der Waals surface area contributed by atoms with Crippen LogP contribution in [0.15, 0.2) is 60.7 Å². The summed E-state index contributed by atoms with van der Waals surface area (Å²) in [6.45, 7) is 3.18. The first-order valence-electron chi connectivity index (χ1n) is 7.40. The predicted octanol–water partition coefficient (Wildman–Crippen LogP) is 3.00. The summed E-state index contributed by atoms with van der Waals surface area (Å²) in [5, 5.41) is 0. The monoisotopic (exact) mass is 266 g/mol. The summed E-state index contributed by atoms with van der Waals surface area (Å²) in [6.07, 6.45) is 1.08. The molecule has 104 valence electrons. The van der Waals surface area contributed by atoms with E-state index in [1.165, 1.54) is 11.1 Å². The third kappa shape index (κ3) is 3.09. The second-order valence-corrected chi connectivity index (χ2v) is 5.69. The Labute approximate surface area is 121 Å². The van der Waals surface area contributed by atoms with Gasteiger partial charge in [-0.3, -0.25) is 4.90 Å². The first-order chi connectivity index (χ1) is 9.83. The zero-order chi connectivity index (χ0) is 13.8. The number of piperidine rings is 1. The van der Waals surface area contributed by atoms with E-state index < -0.39 is 0 Å². The number of hydrogen-bond donors (Lipinski definition) is 1. The number of nitrogens with zero attached hydrogens (tertiary/aromatic N) is 1. The Morgan fingerprint density at radius 1 is 0.950 bits per heavy atom. The van der Waals surface area contributed by atoms with Gasteiger partial charge < -0.3 is 5.73 Å². The van der Waals surface area contributed by atoms with E-state index in [0.717, 1.165) is 26.1 Å². The van der Waals surface area contributed by atoms with Crippen molar-refractivity contribution in [2.45, 2.75) is 24.9 Å².